The molecular weight excluding hydrogens is 312 g/mol. The number of rotatable bonds is 16. The molecule has 0 aromatic heterocycles. The third kappa shape index (κ3) is 13.1. The average Bonchev–Trinajstić information content (AvgIpc) is 2.57. The van der Waals surface area contributed by atoms with Gasteiger partial charge in [0.2, 0.25) is 0 Å². The molecule has 3 heteroatoms. The van der Waals surface area contributed by atoms with Crippen molar-refractivity contribution in [3.05, 3.63) is 0 Å². The predicted octanol–water partition coefficient (Wildman–Crippen LogP) is 6.52. The molecule has 1 saturated heterocycles. The molecule has 0 saturated carbocycles. The third-order valence-corrected chi connectivity index (χ3v) is 5.22. The Kier molecular flexibility index (Phi) is 13.7. The van der Waals surface area contributed by atoms with Crippen LogP contribution in [0, 0.1) is 0 Å². The first-order valence-corrected chi connectivity index (χ1v) is 10.9. The molecule has 1 fully saturated rings. The standard InChI is InChI=1S/C22H40O3/c1-2-3-4-5-6-7-8-9-10-11-12-13-14-15-16-17-21-18-20(23)19-22(24)25-21/h21H,2-19H2,1H3/t21-/m1/s1. The molecular formula is C22H40O3. The summed E-state index contributed by atoms with van der Waals surface area (Å²) in [5.74, 6) is -0.288. The second kappa shape index (κ2) is 15.4. The molecule has 0 aromatic rings. The Bertz CT molecular complexity index is 335. The molecule has 1 atom stereocenters. The molecule has 146 valence electrons. The highest BCUT2D eigenvalue weighted by atomic mass is 16.5. The zero-order chi connectivity index (χ0) is 18.2. The number of carbonyl (C=O) groups excluding carboxylic acids is 2. The molecule has 0 radical (unpaired) electrons. The van der Waals surface area contributed by atoms with Gasteiger partial charge in [-0.05, 0) is 12.8 Å². The van der Waals surface area contributed by atoms with E-state index in [4.69, 9.17) is 4.74 Å². The van der Waals surface area contributed by atoms with Gasteiger partial charge in [-0.15, -0.1) is 0 Å². The van der Waals surface area contributed by atoms with E-state index in [0.29, 0.717) is 6.42 Å². The van der Waals surface area contributed by atoms with Crippen LogP contribution in [-0.4, -0.2) is 17.9 Å². The molecule has 1 rings (SSSR count). The fourth-order valence-electron chi connectivity index (χ4n) is 3.66. The van der Waals surface area contributed by atoms with E-state index in [1.807, 2.05) is 0 Å². The smallest absolute Gasteiger partial charge is 0.313 e. The largest absolute Gasteiger partial charge is 0.462 e. The molecule has 0 amide bonds. The summed E-state index contributed by atoms with van der Waals surface area (Å²) in [5, 5.41) is 0. The van der Waals surface area contributed by atoms with Gasteiger partial charge in [0, 0.05) is 6.42 Å². The molecule has 0 bridgehead atoms. The van der Waals surface area contributed by atoms with Crippen molar-refractivity contribution in [3.8, 4) is 0 Å². The van der Waals surface area contributed by atoms with Crippen LogP contribution in [0.25, 0.3) is 0 Å². The summed E-state index contributed by atoms with van der Waals surface area (Å²) < 4.78 is 5.22. The molecule has 0 N–H and O–H groups in total. The highest BCUT2D eigenvalue weighted by Crippen LogP contribution is 2.18. The summed E-state index contributed by atoms with van der Waals surface area (Å²) >= 11 is 0. The van der Waals surface area contributed by atoms with Gasteiger partial charge in [0.1, 0.15) is 18.3 Å². The van der Waals surface area contributed by atoms with Crippen LogP contribution in [0.2, 0.25) is 0 Å². The van der Waals surface area contributed by atoms with Crippen LogP contribution in [0.1, 0.15) is 122 Å². The lowest BCUT2D eigenvalue weighted by molar-refractivity contribution is -0.158. The Labute approximate surface area is 155 Å². The van der Waals surface area contributed by atoms with Crippen molar-refractivity contribution in [2.24, 2.45) is 0 Å². The summed E-state index contributed by atoms with van der Waals surface area (Å²) in [4.78, 5) is 22.5. The quantitative estimate of drug-likeness (QED) is 0.180. The van der Waals surface area contributed by atoms with Gasteiger partial charge >= 0.3 is 5.97 Å². The number of Topliss-reactive ketones (excluding diaryl/α,β-unsaturated/α-hetero) is 1. The van der Waals surface area contributed by atoms with E-state index >= 15 is 0 Å². The van der Waals surface area contributed by atoms with E-state index in [0.717, 1.165) is 12.8 Å². The van der Waals surface area contributed by atoms with Crippen molar-refractivity contribution in [1.29, 1.82) is 0 Å². The van der Waals surface area contributed by atoms with E-state index in [2.05, 4.69) is 6.92 Å². The summed E-state index contributed by atoms with van der Waals surface area (Å²) in [6, 6.07) is 0. The van der Waals surface area contributed by atoms with Gasteiger partial charge in [0.15, 0.2) is 0 Å². The van der Waals surface area contributed by atoms with Crippen LogP contribution in [0.5, 0.6) is 0 Å². The van der Waals surface area contributed by atoms with Gasteiger partial charge in [0.25, 0.3) is 0 Å². The van der Waals surface area contributed by atoms with Crippen molar-refractivity contribution < 1.29 is 14.3 Å². The van der Waals surface area contributed by atoms with Crippen molar-refractivity contribution in [2.75, 3.05) is 0 Å². The highest BCUT2D eigenvalue weighted by Gasteiger charge is 2.25. The van der Waals surface area contributed by atoms with Crippen molar-refractivity contribution in [3.63, 3.8) is 0 Å². The Morgan fingerprint density at radius 2 is 1.16 bits per heavy atom. The summed E-state index contributed by atoms with van der Waals surface area (Å²) in [7, 11) is 0. The molecule has 1 heterocycles. The van der Waals surface area contributed by atoms with Gasteiger partial charge in [0.05, 0.1) is 0 Å². The minimum atomic E-state index is -0.331. The number of hydrogen-bond donors (Lipinski definition) is 0. The minimum Gasteiger partial charge on any atom is -0.462 e. The predicted molar refractivity (Wildman–Crippen MR) is 104 cm³/mol. The van der Waals surface area contributed by atoms with Gasteiger partial charge < -0.3 is 4.74 Å². The van der Waals surface area contributed by atoms with Crippen molar-refractivity contribution >= 4 is 11.8 Å². The number of cyclic esters (lactones) is 1. The fraction of sp³-hybridized carbons (Fsp3) is 0.909. The monoisotopic (exact) mass is 352 g/mol. The highest BCUT2D eigenvalue weighted by molar-refractivity contribution is 5.97. The maximum absolute atomic E-state index is 11.3. The maximum Gasteiger partial charge on any atom is 0.313 e. The van der Waals surface area contributed by atoms with Crippen molar-refractivity contribution in [2.45, 2.75) is 129 Å². The zero-order valence-electron chi connectivity index (χ0n) is 16.5. The molecule has 3 nitrogen and oxygen atoms in total. The summed E-state index contributed by atoms with van der Waals surface area (Å²) in [6.07, 6.45) is 21.4. The molecule has 1 aliphatic heterocycles. The van der Waals surface area contributed by atoms with E-state index in [9.17, 15) is 9.59 Å². The lowest BCUT2D eigenvalue weighted by Gasteiger charge is -2.21. The van der Waals surface area contributed by atoms with Crippen LogP contribution in [-0.2, 0) is 14.3 Å². The average molecular weight is 353 g/mol. The zero-order valence-corrected chi connectivity index (χ0v) is 16.5. The van der Waals surface area contributed by atoms with E-state index < -0.39 is 0 Å². The summed E-state index contributed by atoms with van der Waals surface area (Å²) in [6.45, 7) is 2.27. The number of ketones is 1. The molecule has 0 aromatic carbocycles. The molecule has 0 spiro atoms. The first-order valence-electron chi connectivity index (χ1n) is 10.9. The second-order valence-electron chi connectivity index (χ2n) is 7.77. The second-order valence-corrected chi connectivity index (χ2v) is 7.77. The Balaban J connectivity index is 1.76. The molecule has 1 aliphatic rings. The normalized spacial score (nSPS) is 17.7. The van der Waals surface area contributed by atoms with Crippen LogP contribution in [0.15, 0.2) is 0 Å². The first-order chi connectivity index (χ1) is 12.2. The fourth-order valence-corrected chi connectivity index (χ4v) is 3.66. The number of ether oxygens (including phenoxy) is 1. The van der Waals surface area contributed by atoms with E-state index in [1.54, 1.807) is 0 Å². The summed E-state index contributed by atoms with van der Waals surface area (Å²) in [5.41, 5.74) is 0. The van der Waals surface area contributed by atoms with Crippen LogP contribution in [0.3, 0.4) is 0 Å². The van der Waals surface area contributed by atoms with Crippen LogP contribution < -0.4 is 0 Å². The first kappa shape index (κ1) is 22.2. The minimum absolute atomic E-state index is 0.0185. The molecule has 0 aliphatic carbocycles. The number of unbranched alkanes of at least 4 members (excludes halogenated alkanes) is 14. The number of hydrogen-bond acceptors (Lipinski definition) is 3. The Morgan fingerprint density at radius 3 is 1.60 bits per heavy atom. The van der Waals surface area contributed by atoms with Gasteiger partial charge in [-0.25, -0.2) is 0 Å². The van der Waals surface area contributed by atoms with Crippen LogP contribution in [0.4, 0.5) is 0 Å². The molecule has 0 unspecified atom stereocenters. The van der Waals surface area contributed by atoms with Gasteiger partial charge in [-0.3, -0.25) is 9.59 Å². The number of carbonyl (C=O) groups is 2. The SMILES string of the molecule is CCCCCCCCCCCCCCCCC[C@@H]1CC(=O)CC(=O)O1. The van der Waals surface area contributed by atoms with E-state index in [1.165, 1.54) is 89.9 Å². The Hall–Kier alpha value is -0.860. The third-order valence-electron chi connectivity index (χ3n) is 5.22. The lowest BCUT2D eigenvalue weighted by atomic mass is 10.0. The van der Waals surface area contributed by atoms with Gasteiger partial charge in [-0.1, -0.05) is 96.8 Å². The topological polar surface area (TPSA) is 43.4 Å². The van der Waals surface area contributed by atoms with Crippen LogP contribution >= 0.6 is 0 Å². The van der Waals surface area contributed by atoms with E-state index in [-0.39, 0.29) is 24.3 Å². The number of esters is 1. The lowest BCUT2D eigenvalue weighted by Crippen LogP contribution is -2.29. The maximum atomic E-state index is 11.3. The molecule has 25 heavy (non-hydrogen) atoms. The Morgan fingerprint density at radius 1 is 0.720 bits per heavy atom. The van der Waals surface area contributed by atoms with Gasteiger partial charge in [-0.2, -0.15) is 0 Å². The van der Waals surface area contributed by atoms with Crippen molar-refractivity contribution in [1.82, 2.24) is 0 Å².